The minimum atomic E-state index is 0.654. The minimum absolute atomic E-state index is 0.654. The summed E-state index contributed by atoms with van der Waals surface area (Å²) in [5.41, 5.74) is 1.47. The van der Waals surface area contributed by atoms with Crippen LogP contribution in [0.15, 0.2) is 24.3 Å². The maximum absolute atomic E-state index is 5.66. The van der Waals surface area contributed by atoms with Crippen molar-refractivity contribution in [3.8, 4) is 5.75 Å². The smallest absolute Gasteiger partial charge is 0.119 e. The molecule has 0 spiro atoms. The lowest BCUT2D eigenvalue weighted by atomic mass is 9.80. The Kier molecular flexibility index (Phi) is 5.71. The summed E-state index contributed by atoms with van der Waals surface area (Å²) in [5.74, 6) is 1.68. The van der Waals surface area contributed by atoms with Crippen LogP contribution in [-0.4, -0.2) is 19.2 Å². The quantitative estimate of drug-likeness (QED) is 0.832. The van der Waals surface area contributed by atoms with E-state index >= 15 is 0 Å². The fourth-order valence-electron chi connectivity index (χ4n) is 3.07. The van der Waals surface area contributed by atoms with Gasteiger partial charge in [-0.25, -0.2) is 0 Å². The normalized spacial score (nSPS) is 23.3. The molecule has 2 nitrogen and oxygen atoms in total. The third kappa shape index (κ3) is 3.97. The Balaban J connectivity index is 2.02. The second kappa shape index (κ2) is 7.54. The fraction of sp³-hybridized carbons (Fsp3) is 0.647. The number of benzene rings is 1. The van der Waals surface area contributed by atoms with E-state index in [0.717, 1.165) is 25.3 Å². The molecule has 0 saturated heterocycles. The Morgan fingerprint density at radius 2 is 1.84 bits per heavy atom. The van der Waals surface area contributed by atoms with Crippen LogP contribution >= 0.6 is 0 Å². The highest BCUT2D eigenvalue weighted by atomic mass is 16.5. The highest BCUT2D eigenvalue weighted by Gasteiger charge is 2.25. The second-order valence-corrected chi connectivity index (χ2v) is 5.47. The van der Waals surface area contributed by atoms with Crippen LogP contribution in [0.2, 0.25) is 0 Å². The molecular weight excluding hydrogens is 234 g/mol. The van der Waals surface area contributed by atoms with E-state index in [2.05, 4.69) is 43.4 Å². The predicted molar refractivity (Wildman–Crippen MR) is 80.9 cm³/mol. The van der Waals surface area contributed by atoms with Gasteiger partial charge in [0.1, 0.15) is 5.75 Å². The van der Waals surface area contributed by atoms with Crippen molar-refractivity contribution in [3.63, 3.8) is 0 Å². The van der Waals surface area contributed by atoms with Gasteiger partial charge in [0, 0.05) is 6.04 Å². The molecule has 0 amide bonds. The van der Waals surface area contributed by atoms with E-state index in [-0.39, 0.29) is 0 Å². The van der Waals surface area contributed by atoms with Crippen LogP contribution in [0, 0.1) is 0 Å². The number of likely N-dealkylation sites (N-methyl/N-ethyl adjacent to an activating group) is 1. The van der Waals surface area contributed by atoms with Crippen LogP contribution in [0.25, 0.3) is 0 Å². The lowest BCUT2D eigenvalue weighted by Crippen LogP contribution is -2.37. The van der Waals surface area contributed by atoms with Gasteiger partial charge in [-0.3, -0.25) is 0 Å². The standard InChI is InChI=1S/C17H27NO/c1-3-13-19-15-11-9-14(10-12-15)16-7-5-6-8-17(16)18-4-2/h9-12,16-18H,3-8,13H2,1-2H3. The molecule has 1 fully saturated rings. The summed E-state index contributed by atoms with van der Waals surface area (Å²) >= 11 is 0. The van der Waals surface area contributed by atoms with Gasteiger partial charge in [0.05, 0.1) is 6.61 Å². The van der Waals surface area contributed by atoms with Gasteiger partial charge in [0.2, 0.25) is 0 Å². The van der Waals surface area contributed by atoms with Gasteiger partial charge in [0.15, 0.2) is 0 Å². The van der Waals surface area contributed by atoms with Gasteiger partial charge in [-0.15, -0.1) is 0 Å². The minimum Gasteiger partial charge on any atom is -0.494 e. The molecule has 19 heavy (non-hydrogen) atoms. The van der Waals surface area contributed by atoms with Crippen LogP contribution < -0.4 is 10.1 Å². The SMILES string of the molecule is CCCOc1ccc(C2CCCCC2NCC)cc1. The van der Waals surface area contributed by atoms with Gasteiger partial charge < -0.3 is 10.1 Å². The van der Waals surface area contributed by atoms with Crippen LogP contribution in [-0.2, 0) is 0 Å². The molecule has 2 rings (SSSR count). The molecule has 0 aromatic heterocycles. The number of hydrogen-bond acceptors (Lipinski definition) is 2. The Hall–Kier alpha value is -1.02. The largest absolute Gasteiger partial charge is 0.494 e. The summed E-state index contributed by atoms with van der Waals surface area (Å²) in [6.45, 7) is 6.21. The van der Waals surface area contributed by atoms with E-state index < -0.39 is 0 Å². The number of ether oxygens (including phenoxy) is 1. The Morgan fingerprint density at radius 1 is 1.11 bits per heavy atom. The van der Waals surface area contributed by atoms with Gasteiger partial charge in [0.25, 0.3) is 0 Å². The molecule has 0 bridgehead atoms. The molecule has 106 valence electrons. The molecule has 0 radical (unpaired) electrons. The second-order valence-electron chi connectivity index (χ2n) is 5.47. The summed E-state index contributed by atoms with van der Waals surface area (Å²) in [7, 11) is 0. The van der Waals surface area contributed by atoms with Gasteiger partial charge in [-0.05, 0) is 49.4 Å². The molecule has 1 aromatic rings. The molecule has 1 aromatic carbocycles. The molecule has 1 aliphatic rings. The zero-order valence-corrected chi connectivity index (χ0v) is 12.3. The van der Waals surface area contributed by atoms with E-state index in [1.54, 1.807) is 0 Å². The van der Waals surface area contributed by atoms with E-state index in [4.69, 9.17) is 4.74 Å². The zero-order valence-electron chi connectivity index (χ0n) is 12.3. The van der Waals surface area contributed by atoms with Crippen molar-refractivity contribution < 1.29 is 4.74 Å². The van der Waals surface area contributed by atoms with Crippen molar-refractivity contribution in [2.75, 3.05) is 13.2 Å². The maximum Gasteiger partial charge on any atom is 0.119 e. The molecule has 2 atom stereocenters. The summed E-state index contributed by atoms with van der Waals surface area (Å²) in [5, 5.41) is 3.65. The van der Waals surface area contributed by atoms with Crippen LogP contribution in [0.3, 0.4) is 0 Å². The molecule has 1 aliphatic carbocycles. The first-order valence-electron chi connectivity index (χ1n) is 7.81. The third-order valence-electron chi connectivity index (χ3n) is 4.01. The number of rotatable bonds is 6. The summed E-state index contributed by atoms with van der Waals surface area (Å²) in [6, 6.07) is 9.42. The van der Waals surface area contributed by atoms with Gasteiger partial charge >= 0.3 is 0 Å². The fourth-order valence-corrected chi connectivity index (χ4v) is 3.07. The average Bonchev–Trinajstić information content (AvgIpc) is 2.47. The van der Waals surface area contributed by atoms with Crippen LogP contribution in [0.1, 0.15) is 57.4 Å². The molecule has 2 heteroatoms. The zero-order chi connectivity index (χ0) is 13.5. The van der Waals surface area contributed by atoms with Crippen molar-refractivity contribution >= 4 is 0 Å². The Labute approximate surface area is 117 Å². The highest BCUT2D eigenvalue weighted by Crippen LogP contribution is 2.33. The van der Waals surface area contributed by atoms with E-state index in [1.807, 2.05) is 0 Å². The topological polar surface area (TPSA) is 21.3 Å². The molecule has 0 aliphatic heterocycles. The predicted octanol–water partition coefficient (Wildman–Crippen LogP) is 4.11. The maximum atomic E-state index is 5.66. The molecule has 0 heterocycles. The van der Waals surface area contributed by atoms with Crippen molar-refractivity contribution in [3.05, 3.63) is 29.8 Å². The van der Waals surface area contributed by atoms with Crippen molar-refractivity contribution in [1.82, 2.24) is 5.32 Å². The highest BCUT2D eigenvalue weighted by molar-refractivity contribution is 5.30. The Bertz CT molecular complexity index is 358. The van der Waals surface area contributed by atoms with Crippen molar-refractivity contribution in [2.24, 2.45) is 0 Å². The molecule has 1 N–H and O–H groups in total. The Morgan fingerprint density at radius 3 is 2.53 bits per heavy atom. The number of nitrogens with one attached hydrogen (secondary N) is 1. The van der Waals surface area contributed by atoms with E-state index in [9.17, 15) is 0 Å². The van der Waals surface area contributed by atoms with Crippen LogP contribution in [0.5, 0.6) is 5.75 Å². The third-order valence-corrected chi connectivity index (χ3v) is 4.01. The monoisotopic (exact) mass is 261 g/mol. The van der Waals surface area contributed by atoms with Gasteiger partial charge in [-0.1, -0.05) is 38.8 Å². The summed E-state index contributed by atoms with van der Waals surface area (Å²) < 4.78 is 5.66. The van der Waals surface area contributed by atoms with Gasteiger partial charge in [-0.2, -0.15) is 0 Å². The molecule has 2 unspecified atom stereocenters. The molecule has 1 saturated carbocycles. The lowest BCUT2D eigenvalue weighted by molar-refractivity contribution is 0.316. The lowest BCUT2D eigenvalue weighted by Gasteiger charge is -2.32. The summed E-state index contributed by atoms with van der Waals surface area (Å²) in [6.07, 6.45) is 6.42. The first-order chi connectivity index (χ1) is 9.35. The van der Waals surface area contributed by atoms with Crippen molar-refractivity contribution in [2.45, 2.75) is 57.9 Å². The average molecular weight is 261 g/mol. The first kappa shape index (κ1) is 14.4. The van der Waals surface area contributed by atoms with Crippen LogP contribution in [0.4, 0.5) is 0 Å². The van der Waals surface area contributed by atoms with E-state index in [0.29, 0.717) is 12.0 Å². The van der Waals surface area contributed by atoms with Crippen molar-refractivity contribution in [1.29, 1.82) is 0 Å². The molecular formula is C17H27NO. The first-order valence-corrected chi connectivity index (χ1v) is 7.81. The summed E-state index contributed by atoms with van der Waals surface area (Å²) in [4.78, 5) is 0. The number of hydrogen-bond donors (Lipinski definition) is 1. The van der Waals surface area contributed by atoms with E-state index in [1.165, 1.54) is 31.2 Å².